The Morgan fingerprint density at radius 3 is 2.35 bits per heavy atom. The lowest BCUT2D eigenvalue weighted by Crippen LogP contribution is -1.89. The maximum atomic E-state index is 9.37. The van der Waals surface area contributed by atoms with Crippen LogP contribution in [0.25, 0.3) is 22.8 Å². The van der Waals surface area contributed by atoms with Gasteiger partial charge in [-0.3, -0.25) is 0 Å². The van der Waals surface area contributed by atoms with E-state index in [-0.39, 0.29) is 5.75 Å². The van der Waals surface area contributed by atoms with Crippen LogP contribution in [0.3, 0.4) is 0 Å². The van der Waals surface area contributed by atoms with Crippen LogP contribution in [0, 0.1) is 6.92 Å². The molecule has 5 nitrogen and oxygen atoms in total. The lowest BCUT2D eigenvalue weighted by molar-refractivity contribution is 0.432. The molecule has 0 aliphatic rings. The van der Waals surface area contributed by atoms with Crippen LogP contribution in [0.15, 0.2) is 77.3 Å². The summed E-state index contributed by atoms with van der Waals surface area (Å²) in [6.07, 6.45) is 0. The van der Waals surface area contributed by atoms with Crippen molar-refractivity contribution in [2.24, 2.45) is 0 Å². The number of para-hydroxylation sites is 1. The van der Waals surface area contributed by atoms with E-state index in [0.29, 0.717) is 11.7 Å². The molecule has 3 aromatic carbocycles. The molecule has 0 spiro atoms. The molecule has 0 atom stereocenters. The number of rotatable bonds is 4. The highest BCUT2D eigenvalue weighted by molar-refractivity contribution is 5.62. The molecule has 4 aromatic rings. The maximum absolute atomic E-state index is 9.37. The largest absolute Gasteiger partial charge is 0.508 e. The number of aromatic nitrogens is 2. The molecule has 26 heavy (non-hydrogen) atoms. The number of aryl methyl sites for hydroxylation is 1. The molecule has 0 aliphatic heterocycles. The molecule has 0 amide bonds. The van der Waals surface area contributed by atoms with Crippen LogP contribution in [-0.4, -0.2) is 15.2 Å². The molecule has 0 radical (unpaired) electrons. The van der Waals surface area contributed by atoms with Crippen molar-refractivity contribution in [1.29, 1.82) is 0 Å². The van der Waals surface area contributed by atoms with Crippen molar-refractivity contribution in [3.63, 3.8) is 0 Å². The number of aromatic hydroxyl groups is 1. The number of hydrogen-bond acceptors (Lipinski definition) is 5. The summed E-state index contributed by atoms with van der Waals surface area (Å²) in [5.41, 5.74) is 2.57. The molecule has 1 aromatic heterocycles. The predicted molar refractivity (Wildman–Crippen MR) is 98.1 cm³/mol. The minimum absolute atomic E-state index is 0.193. The summed E-state index contributed by atoms with van der Waals surface area (Å²) in [6.45, 7) is 1.97. The molecule has 4 rings (SSSR count). The lowest BCUT2D eigenvalue weighted by Gasteiger charge is -2.09. The molecule has 0 fully saturated rings. The van der Waals surface area contributed by atoms with Crippen LogP contribution in [0.1, 0.15) is 5.56 Å². The summed E-state index contributed by atoms with van der Waals surface area (Å²) in [7, 11) is 0. The number of nitrogens with zero attached hydrogens (tertiary/aromatic N) is 2. The third-order valence-corrected chi connectivity index (χ3v) is 3.94. The van der Waals surface area contributed by atoms with Gasteiger partial charge < -0.3 is 14.4 Å². The highest BCUT2D eigenvalue weighted by Gasteiger charge is 2.12. The van der Waals surface area contributed by atoms with Crippen LogP contribution in [0.4, 0.5) is 0 Å². The third-order valence-electron chi connectivity index (χ3n) is 3.94. The van der Waals surface area contributed by atoms with Crippen molar-refractivity contribution >= 4 is 0 Å². The van der Waals surface area contributed by atoms with E-state index in [0.717, 1.165) is 28.2 Å². The van der Waals surface area contributed by atoms with Gasteiger partial charge >= 0.3 is 0 Å². The molecule has 0 saturated heterocycles. The van der Waals surface area contributed by atoms with Gasteiger partial charge in [-0.05, 0) is 67.1 Å². The summed E-state index contributed by atoms with van der Waals surface area (Å²) in [6, 6.07) is 22.0. The molecule has 1 N–H and O–H groups in total. The Morgan fingerprint density at radius 2 is 1.62 bits per heavy atom. The number of ether oxygens (including phenoxy) is 1. The van der Waals surface area contributed by atoms with E-state index in [9.17, 15) is 5.11 Å². The summed E-state index contributed by atoms with van der Waals surface area (Å²) in [4.78, 5) is 4.43. The molecule has 0 saturated carbocycles. The zero-order valence-corrected chi connectivity index (χ0v) is 14.1. The Labute approximate surface area is 150 Å². The molecular formula is C21H16N2O3. The first-order valence-corrected chi connectivity index (χ1v) is 8.16. The zero-order chi connectivity index (χ0) is 17.9. The van der Waals surface area contributed by atoms with Crippen LogP contribution in [-0.2, 0) is 0 Å². The third kappa shape index (κ3) is 3.28. The van der Waals surface area contributed by atoms with E-state index < -0.39 is 0 Å². The summed E-state index contributed by atoms with van der Waals surface area (Å²) >= 11 is 0. The first-order chi connectivity index (χ1) is 12.7. The first-order valence-electron chi connectivity index (χ1n) is 8.16. The highest BCUT2D eigenvalue weighted by Crippen LogP contribution is 2.29. The smallest absolute Gasteiger partial charge is 0.258 e. The zero-order valence-electron chi connectivity index (χ0n) is 14.1. The SMILES string of the molecule is Cc1cc(-c2noc(-c3ccc(O)cc3)n2)ccc1Oc1ccccc1. The Bertz CT molecular complexity index is 1020. The normalized spacial score (nSPS) is 10.7. The second-order valence-corrected chi connectivity index (χ2v) is 5.87. The monoisotopic (exact) mass is 344 g/mol. The van der Waals surface area contributed by atoms with Gasteiger partial charge in [-0.25, -0.2) is 0 Å². The van der Waals surface area contributed by atoms with Gasteiger partial charge in [0.15, 0.2) is 0 Å². The average molecular weight is 344 g/mol. The standard InChI is InChI=1S/C21H16N2O3/c1-14-13-16(9-12-19(14)25-18-5-3-2-4-6-18)20-22-21(26-23-20)15-7-10-17(24)11-8-15/h2-13,24H,1H3. The van der Waals surface area contributed by atoms with E-state index in [1.807, 2.05) is 55.5 Å². The van der Waals surface area contributed by atoms with Crippen molar-refractivity contribution in [1.82, 2.24) is 10.1 Å². The van der Waals surface area contributed by atoms with Crippen molar-refractivity contribution in [3.05, 3.63) is 78.4 Å². The fourth-order valence-electron chi connectivity index (χ4n) is 2.58. The van der Waals surface area contributed by atoms with E-state index in [1.165, 1.54) is 0 Å². The van der Waals surface area contributed by atoms with Crippen molar-refractivity contribution in [3.8, 4) is 40.1 Å². The summed E-state index contributed by atoms with van der Waals surface area (Å²) in [5.74, 6) is 2.67. The van der Waals surface area contributed by atoms with Gasteiger partial charge in [0.05, 0.1) is 0 Å². The van der Waals surface area contributed by atoms with E-state index in [4.69, 9.17) is 9.26 Å². The average Bonchev–Trinajstić information content (AvgIpc) is 3.15. The molecule has 128 valence electrons. The van der Waals surface area contributed by atoms with E-state index in [2.05, 4.69) is 10.1 Å². The van der Waals surface area contributed by atoms with Crippen molar-refractivity contribution < 1.29 is 14.4 Å². The van der Waals surface area contributed by atoms with Crippen LogP contribution in [0.5, 0.6) is 17.2 Å². The minimum Gasteiger partial charge on any atom is -0.508 e. The minimum atomic E-state index is 0.193. The second kappa shape index (κ2) is 6.72. The second-order valence-electron chi connectivity index (χ2n) is 5.87. The van der Waals surface area contributed by atoms with Gasteiger partial charge in [-0.2, -0.15) is 4.98 Å². The van der Waals surface area contributed by atoms with Gasteiger partial charge in [0.2, 0.25) is 5.82 Å². The van der Waals surface area contributed by atoms with Gasteiger partial charge in [0, 0.05) is 11.1 Å². The van der Waals surface area contributed by atoms with Gasteiger partial charge in [-0.1, -0.05) is 23.4 Å². The Morgan fingerprint density at radius 1 is 0.885 bits per heavy atom. The lowest BCUT2D eigenvalue weighted by atomic mass is 10.1. The van der Waals surface area contributed by atoms with Crippen LogP contribution >= 0.6 is 0 Å². The molecular weight excluding hydrogens is 328 g/mol. The van der Waals surface area contributed by atoms with Gasteiger partial charge in [0.25, 0.3) is 5.89 Å². The number of benzene rings is 3. The number of hydrogen-bond donors (Lipinski definition) is 1. The fraction of sp³-hybridized carbons (Fsp3) is 0.0476. The molecule has 0 aliphatic carbocycles. The van der Waals surface area contributed by atoms with Gasteiger partial charge in [-0.15, -0.1) is 0 Å². The Balaban J connectivity index is 1.59. The Kier molecular flexibility index (Phi) is 4.11. The van der Waals surface area contributed by atoms with Crippen LogP contribution < -0.4 is 4.74 Å². The predicted octanol–water partition coefficient (Wildman–Crippen LogP) is 5.21. The van der Waals surface area contributed by atoms with Gasteiger partial charge in [0.1, 0.15) is 17.2 Å². The highest BCUT2D eigenvalue weighted by atomic mass is 16.5. The van der Waals surface area contributed by atoms with Crippen LogP contribution in [0.2, 0.25) is 0 Å². The molecule has 0 bridgehead atoms. The topological polar surface area (TPSA) is 68.4 Å². The molecule has 1 heterocycles. The van der Waals surface area contributed by atoms with Crippen molar-refractivity contribution in [2.75, 3.05) is 0 Å². The molecule has 0 unspecified atom stereocenters. The first kappa shape index (κ1) is 15.9. The molecule has 5 heteroatoms. The van der Waals surface area contributed by atoms with E-state index >= 15 is 0 Å². The summed E-state index contributed by atoms with van der Waals surface area (Å²) < 4.78 is 11.2. The fourth-order valence-corrected chi connectivity index (χ4v) is 2.58. The quantitative estimate of drug-likeness (QED) is 0.550. The number of phenols is 1. The van der Waals surface area contributed by atoms with Crippen molar-refractivity contribution in [2.45, 2.75) is 6.92 Å². The Hall–Kier alpha value is -3.60. The number of phenolic OH excluding ortho intramolecular Hbond substituents is 1. The maximum Gasteiger partial charge on any atom is 0.258 e. The van der Waals surface area contributed by atoms with E-state index in [1.54, 1.807) is 24.3 Å². The summed E-state index contributed by atoms with van der Waals surface area (Å²) in [5, 5.41) is 13.4.